The summed E-state index contributed by atoms with van der Waals surface area (Å²) < 4.78 is 0. The van der Waals surface area contributed by atoms with Crippen LogP contribution in [0.5, 0.6) is 0 Å². The minimum absolute atomic E-state index is 0.250. The summed E-state index contributed by atoms with van der Waals surface area (Å²) in [4.78, 5) is 29.0. The lowest BCUT2D eigenvalue weighted by Gasteiger charge is -2.36. The molecule has 0 spiro atoms. The zero-order valence-corrected chi connectivity index (χ0v) is 15.0. The number of aryl methyl sites for hydroxylation is 1. The van der Waals surface area contributed by atoms with Crippen molar-refractivity contribution >= 4 is 28.8 Å². The fourth-order valence-electron chi connectivity index (χ4n) is 3.08. The Morgan fingerprint density at radius 3 is 2.36 bits per heavy atom. The summed E-state index contributed by atoms with van der Waals surface area (Å²) in [5.74, 6) is -0.162. The number of benzene rings is 1. The van der Waals surface area contributed by atoms with E-state index in [1.807, 2.05) is 17.0 Å². The van der Waals surface area contributed by atoms with Crippen molar-refractivity contribution in [1.29, 1.82) is 0 Å². The molecule has 5 nitrogen and oxygen atoms in total. The molecule has 25 heavy (non-hydrogen) atoms. The molecule has 2 aromatic rings. The summed E-state index contributed by atoms with van der Waals surface area (Å²) in [5, 5.41) is 2.08. The first-order valence-corrected chi connectivity index (χ1v) is 9.46. The lowest BCUT2D eigenvalue weighted by molar-refractivity contribution is -0.131. The van der Waals surface area contributed by atoms with Crippen LogP contribution in [0.4, 0.5) is 5.69 Å². The van der Waals surface area contributed by atoms with Crippen molar-refractivity contribution in [3.05, 3.63) is 52.2 Å². The number of thiophene rings is 1. The normalized spacial score (nSPS) is 14.6. The molecule has 2 N–H and O–H groups in total. The van der Waals surface area contributed by atoms with Gasteiger partial charge in [-0.1, -0.05) is 6.07 Å². The molecule has 1 aliphatic rings. The van der Waals surface area contributed by atoms with Gasteiger partial charge in [-0.3, -0.25) is 9.59 Å². The van der Waals surface area contributed by atoms with Crippen molar-refractivity contribution in [2.75, 3.05) is 31.1 Å². The van der Waals surface area contributed by atoms with E-state index in [1.54, 1.807) is 23.5 Å². The smallest absolute Gasteiger partial charge is 0.248 e. The minimum atomic E-state index is -0.412. The van der Waals surface area contributed by atoms with Crippen molar-refractivity contribution in [3.8, 4) is 0 Å². The number of hydrogen-bond donors (Lipinski definition) is 1. The van der Waals surface area contributed by atoms with Gasteiger partial charge in [-0.2, -0.15) is 0 Å². The molecule has 132 valence electrons. The molecule has 1 aromatic heterocycles. The highest BCUT2D eigenvalue weighted by molar-refractivity contribution is 7.09. The quantitative estimate of drug-likeness (QED) is 0.864. The van der Waals surface area contributed by atoms with Crippen LogP contribution < -0.4 is 10.6 Å². The van der Waals surface area contributed by atoms with Gasteiger partial charge < -0.3 is 15.5 Å². The number of nitrogens with zero attached hydrogens (tertiary/aromatic N) is 2. The van der Waals surface area contributed by atoms with E-state index in [1.165, 1.54) is 4.88 Å². The molecule has 3 rings (SSSR count). The van der Waals surface area contributed by atoms with Crippen LogP contribution >= 0.6 is 11.3 Å². The Morgan fingerprint density at radius 1 is 1.04 bits per heavy atom. The number of hydrogen-bond acceptors (Lipinski definition) is 4. The molecule has 0 bridgehead atoms. The lowest BCUT2D eigenvalue weighted by Crippen LogP contribution is -2.48. The van der Waals surface area contributed by atoms with Crippen molar-refractivity contribution in [2.45, 2.75) is 19.3 Å². The Balaban J connectivity index is 1.44. The summed E-state index contributed by atoms with van der Waals surface area (Å²) >= 11 is 1.75. The van der Waals surface area contributed by atoms with Gasteiger partial charge in [0.1, 0.15) is 0 Å². The highest BCUT2D eigenvalue weighted by Gasteiger charge is 2.21. The van der Waals surface area contributed by atoms with Crippen LogP contribution in [0.25, 0.3) is 0 Å². The number of nitrogens with two attached hydrogens (primary N) is 1. The molecule has 2 amide bonds. The zero-order chi connectivity index (χ0) is 17.6. The Hall–Kier alpha value is -2.34. The van der Waals surface area contributed by atoms with Gasteiger partial charge in [0.25, 0.3) is 0 Å². The van der Waals surface area contributed by atoms with E-state index in [0.29, 0.717) is 12.0 Å². The van der Waals surface area contributed by atoms with Crippen LogP contribution in [0.15, 0.2) is 41.8 Å². The van der Waals surface area contributed by atoms with E-state index in [2.05, 4.69) is 22.4 Å². The molecule has 1 aliphatic heterocycles. The molecule has 0 atom stereocenters. The predicted molar refractivity (Wildman–Crippen MR) is 101 cm³/mol. The number of rotatable bonds is 6. The van der Waals surface area contributed by atoms with Crippen LogP contribution in [0.3, 0.4) is 0 Å². The van der Waals surface area contributed by atoms with Crippen LogP contribution in [-0.2, 0) is 11.2 Å². The van der Waals surface area contributed by atoms with Crippen molar-refractivity contribution < 1.29 is 9.59 Å². The second-order valence-corrected chi connectivity index (χ2v) is 7.24. The van der Waals surface area contributed by atoms with Crippen LogP contribution in [0.1, 0.15) is 28.1 Å². The second kappa shape index (κ2) is 8.16. The number of primary amides is 1. The van der Waals surface area contributed by atoms with Crippen molar-refractivity contribution in [2.24, 2.45) is 5.73 Å². The standard InChI is InChI=1S/C19H23N3O2S/c20-19(24)15-6-8-16(9-7-15)21-10-12-22(13-11-21)18(23)5-1-3-17-4-2-14-25-17/h2,4,6-9,14H,1,3,5,10-13H2,(H2,20,24). The molecule has 1 aromatic carbocycles. The molecule has 1 fully saturated rings. The van der Waals surface area contributed by atoms with Gasteiger partial charge >= 0.3 is 0 Å². The molecule has 6 heteroatoms. The molecule has 2 heterocycles. The van der Waals surface area contributed by atoms with E-state index in [4.69, 9.17) is 5.73 Å². The Bertz CT molecular complexity index is 705. The molecule has 1 saturated heterocycles. The number of carbonyl (C=O) groups is 2. The summed E-state index contributed by atoms with van der Waals surface area (Å²) in [6.07, 6.45) is 2.51. The van der Waals surface area contributed by atoms with Gasteiger partial charge in [-0.15, -0.1) is 11.3 Å². The molecular formula is C19H23N3O2S. The largest absolute Gasteiger partial charge is 0.368 e. The van der Waals surface area contributed by atoms with Gasteiger partial charge in [0.05, 0.1) is 0 Å². The summed E-state index contributed by atoms with van der Waals surface area (Å²) in [7, 11) is 0. The number of anilines is 1. The van der Waals surface area contributed by atoms with E-state index < -0.39 is 5.91 Å². The van der Waals surface area contributed by atoms with Gasteiger partial charge in [-0.25, -0.2) is 0 Å². The summed E-state index contributed by atoms with van der Waals surface area (Å²) in [6.45, 7) is 3.12. The van der Waals surface area contributed by atoms with E-state index in [0.717, 1.165) is 44.7 Å². The van der Waals surface area contributed by atoms with Gasteiger partial charge in [0.15, 0.2) is 0 Å². The van der Waals surface area contributed by atoms with Crippen molar-refractivity contribution in [3.63, 3.8) is 0 Å². The first-order chi connectivity index (χ1) is 12.1. The third kappa shape index (κ3) is 4.60. The average Bonchev–Trinajstić information content (AvgIpc) is 3.15. The molecule has 0 unspecified atom stereocenters. The SMILES string of the molecule is NC(=O)c1ccc(N2CCN(C(=O)CCCc3cccs3)CC2)cc1. The first kappa shape index (κ1) is 17.5. The van der Waals surface area contributed by atoms with E-state index in [9.17, 15) is 9.59 Å². The highest BCUT2D eigenvalue weighted by Crippen LogP contribution is 2.18. The van der Waals surface area contributed by atoms with Gasteiger partial charge in [0, 0.05) is 48.7 Å². The van der Waals surface area contributed by atoms with Crippen LogP contribution in [-0.4, -0.2) is 42.9 Å². The fraction of sp³-hybridized carbons (Fsp3) is 0.368. The van der Waals surface area contributed by atoms with E-state index >= 15 is 0 Å². The number of piperazine rings is 1. The predicted octanol–water partition coefficient (Wildman–Crippen LogP) is 2.52. The average molecular weight is 357 g/mol. The molecule has 0 saturated carbocycles. The maximum atomic E-state index is 12.3. The monoisotopic (exact) mass is 357 g/mol. The molecular weight excluding hydrogens is 334 g/mol. The second-order valence-electron chi connectivity index (χ2n) is 6.21. The summed E-state index contributed by atoms with van der Waals surface area (Å²) in [6, 6.07) is 11.5. The van der Waals surface area contributed by atoms with Crippen molar-refractivity contribution in [1.82, 2.24) is 4.90 Å². The van der Waals surface area contributed by atoms with Crippen LogP contribution in [0.2, 0.25) is 0 Å². The molecule has 0 radical (unpaired) electrons. The third-order valence-corrected chi connectivity index (χ3v) is 5.48. The third-order valence-electron chi connectivity index (χ3n) is 4.54. The van der Waals surface area contributed by atoms with Gasteiger partial charge in [-0.05, 0) is 48.6 Å². The summed E-state index contributed by atoms with van der Waals surface area (Å²) in [5.41, 5.74) is 6.85. The maximum Gasteiger partial charge on any atom is 0.248 e. The highest BCUT2D eigenvalue weighted by atomic mass is 32.1. The Kier molecular flexibility index (Phi) is 5.71. The maximum absolute atomic E-state index is 12.3. The Morgan fingerprint density at radius 2 is 1.76 bits per heavy atom. The zero-order valence-electron chi connectivity index (χ0n) is 14.2. The van der Waals surface area contributed by atoms with Crippen LogP contribution in [0, 0.1) is 0 Å². The fourth-order valence-corrected chi connectivity index (χ4v) is 3.83. The Labute approximate surface area is 152 Å². The minimum Gasteiger partial charge on any atom is -0.368 e. The molecule has 0 aliphatic carbocycles. The lowest BCUT2D eigenvalue weighted by atomic mass is 10.1. The first-order valence-electron chi connectivity index (χ1n) is 8.58. The number of carbonyl (C=O) groups excluding carboxylic acids is 2. The number of amides is 2. The van der Waals surface area contributed by atoms with Gasteiger partial charge in [0.2, 0.25) is 11.8 Å². The topological polar surface area (TPSA) is 66.6 Å². The van der Waals surface area contributed by atoms with E-state index in [-0.39, 0.29) is 5.91 Å².